The Hall–Kier alpha value is -4.05. The molecular weight excluding hydrogens is 408 g/mol. The fourth-order valence-corrected chi connectivity index (χ4v) is 3.43. The summed E-state index contributed by atoms with van der Waals surface area (Å²) in [7, 11) is 1.49. The molecule has 0 aliphatic carbocycles. The van der Waals surface area contributed by atoms with Crippen molar-refractivity contribution in [2.45, 2.75) is 33.4 Å². The molecular formula is C25H24N2O5. The smallest absolute Gasteiger partial charge is 0.271 e. The minimum absolute atomic E-state index is 0.0158. The van der Waals surface area contributed by atoms with Crippen LogP contribution < -0.4 is 15.0 Å². The van der Waals surface area contributed by atoms with Crippen LogP contribution in [0.5, 0.6) is 17.4 Å². The SMILES string of the molecule is COc1ccccc1OC(C)C(=O)c1c(C)c(C#N)c(=O)n(Cc2ccc(C)cc2)c1O. The number of hydrogen-bond donors (Lipinski definition) is 1. The number of aromatic nitrogens is 1. The van der Waals surface area contributed by atoms with E-state index in [0.717, 1.165) is 15.7 Å². The highest BCUT2D eigenvalue weighted by Gasteiger charge is 2.28. The number of nitriles is 1. The molecule has 0 aliphatic rings. The van der Waals surface area contributed by atoms with Gasteiger partial charge in [-0.05, 0) is 44.0 Å². The Labute approximate surface area is 186 Å². The highest BCUT2D eigenvalue weighted by atomic mass is 16.5. The van der Waals surface area contributed by atoms with Gasteiger partial charge in [0.25, 0.3) is 5.56 Å². The lowest BCUT2D eigenvalue weighted by molar-refractivity contribution is 0.0808. The van der Waals surface area contributed by atoms with Crippen LogP contribution in [0.3, 0.4) is 0 Å². The first-order chi connectivity index (χ1) is 15.3. The van der Waals surface area contributed by atoms with Crippen molar-refractivity contribution in [3.8, 4) is 23.4 Å². The van der Waals surface area contributed by atoms with E-state index in [2.05, 4.69) is 0 Å². The molecule has 0 amide bonds. The van der Waals surface area contributed by atoms with Crippen LogP contribution in [0.2, 0.25) is 0 Å². The van der Waals surface area contributed by atoms with Crippen molar-refractivity contribution < 1.29 is 19.4 Å². The average Bonchev–Trinajstić information content (AvgIpc) is 2.78. The van der Waals surface area contributed by atoms with Gasteiger partial charge in [-0.3, -0.25) is 14.2 Å². The number of rotatable bonds is 7. The predicted octanol–water partition coefficient (Wildman–Crippen LogP) is 3.75. The maximum atomic E-state index is 13.3. The largest absolute Gasteiger partial charge is 0.494 e. The van der Waals surface area contributed by atoms with Gasteiger partial charge < -0.3 is 14.6 Å². The second kappa shape index (κ2) is 9.40. The quantitative estimate of drug-likeness (QED) is 0.571. The molecule has 2 aromatic carbocycles. The zero-order valence-corrected chi connectivity index (χ0v) is 18.4. The number of nitrogens with zero attached hydrogens (tertiary/aromatic N) is 2. The molecule has 0 spiro atoms. The van der Waals surface area contributed by atoms with E-state index in [-0.39, 0.29) is 23.2 Å². The molecule has 1 unspecified atom stereocenters. The van der Waals surface area contributed by atoms with E-state index in [9.17, 15) is 20.0 Å². The highest BCUT2D eigenvalue weighted by Crippen LogP contribution is 2.29. The molecule has 0 aliphatic heterocycles. The van der Waals surface area contributed by atoms with Crippen molar-refractivity contribution in [3.63, 3.8) is 0 Å². The van der Waals surface area contributed by atoms with Crippen LogP contribution in [0.1, 0.15) is 39.5 Å². The first kappa shape index (κ1) is 22.6. The second-order valence-electron chi connectivity index (χ2n) is 7.46. The van der Waals surface area contributed by atoms with E-state index in [1.165, 1.54) is 21.0 Å². The molecule has 7 nitrogen and oxygen atoms in total. The van der Waals surface area contributed by atoms with Gasteiger partial charge in [0.05, 0.1) is 19.2 Å². The summed E-state index contributed by atoms with van der Waals surface area (Å²) in [4.78, 5) is 26.1. The third-order valence-corrected chi connectivity index (χ3v) is 5.25. The van der Waals surface area contributed by atoms with Crippen LogP contribution in [0.15, 0.2) is 53.3 Å². The van der Waals surface area contributed by atoms with Crippen LogP contribution in [-0.2, 0) is 6.54 Å². The summed E-state index contributed by atoms with van der Waals surface area (Å²) in [5.41, 5.74) is 0.953. The molecule has 7 heteroatoms. The molecule has 32 heavy (non-hydrogen) atoms. The summed E-state index contributed by atoms with van der Waals surface area (Å²) >= 11 is 0. The zero-order chi connectivity index (χ0) is 23.4. The number of hydrogen-bond acceptors (Lipinski definition) is 6. The molecule has 0 fully saturated rings. The lowest BCUT2D eigenvalue weighted by Gasteiger charge is -2.20. The number of ketones is 1. The number of benzene rings is 2. The number of Topliss-reactive ketones (excluding diaryl/α,β-unsaturated/α-hetero) is 1. The first-order valence-electron chi connectivity index (χ1n) is 10.0. The van der Waals surface area contributed by atoms with Gasteiger partial charge in [0.15, 0.2) is 17.6 Å². The summed E-state index contributed by atoms with van der Waals surface area (Å²) in [6.45, 7) is 4.96. The van der Waals surface area contributed by atoms with Gasteiger partial charge in [-0.25, -0.2) is 0 Å². The third kappa shape index (κ3) is 4.35. The number of aryl methyl sites for hydroxylation is 1. The first-order valence-corrected chi connectivity index (χ1v) is 10.0. The predicted molar refractivity (Wildman–Crippen MR) is 120 cm³/mol. The van der Waals surface area contributed by atoms with Crippen LogP contribution >= 0.6 is 0 Å². The van der Waals surface area contributed by atoms with Gasteiger partial charge in [0, 0.05) is 0 Å². The van der Waals surface area contributed by atoms with E-state index in [1.54, 1.807) is 24.3 Å². The number of ether oxygens (including phenoxy) is 2. The van der Waals surface area contributed by atoms with Crippen LogP contribution in [0.25, 0.3) is 0 Å². The maximum absolute atomic E-state index is 13.3. The van der Waals surface area contributed by atoms with Crippen molar-refractivity contribution in [1.82, 2.24) is 4.57 Å². The summed E-state index contributed by atoms with van der Waals surface area (Å²) < 4.78 is 12.1. The van der Waals surface area contributed by atoms with Crippen molar-refractivity contribution in [2.24, 2.45) is 0 Å². The molecule has 3 aromatic rings. The molecule has 0 bridgehead atoms. The van der Waals surface area contributed by atoms with Crippen molar-refractivity contribution >= 4 is 5.78 Å². The summed E-state index contributed by atoms with van der Waals surface area (Å²) in [5.74, 6) is -0.232. The monoisotopic (exact) mass is 432 g/mol. The van der Waals surface area contributed by atoms with Gasteiger partial charge in [-0.1, -0.05) is 42.0 Å². The summed E-state index contributed by atoms with van der Waals surface area (Å²) in [6, 6.07) is 16.2. The Balaban J connectivity index is 2.05. The van der Waals surface area contributed by atoms with Gasteiger partial charge in [-0.15, -0.1) is 0 Å². The fraction of sp³-hybridized carbons (Fsp3) is 0.240. The lowest BCUT2D eigenvalue weighted by atomic mass is 9.99. The molecule has 1 heterocycles. The molecule has 1 aromatic heterocycles. The minimum Gasteiger partial charge on any atom is -0.494 e. The van der Waals surface area contributed by atoms with E-state index >= 15 is 0 Å². The Morgan fingerprint density at radius 3 is 2.34 bits per heavy atom. The van der Waals surface area contributed by atoms with Crippen LogP contribution in [0, 0.1) is 25.2 Å². The summed E-state index contributed by atoms with van der Waals surface area (Å²) in [6.07, 6.45) is -1.01. The fourth-order valence-electron chi connectivity index (χ4n) is 3.43. The van der Waals surface area contributed by atoms with Crippen molar-refractivity contribution in [3.05, 3.63) is 86.7 Å². The molecule has 0 saturated heterocycles. The van der Waals surface area contributed by atoms with Gasteiger partial charge in [-0.2, -0.15) is 5.26 Å². The van der Waals surface area contributed by atoms with E-state index in [0.29, 0.717) is 11.5 Å². The lowest BCUT2D eigenvalue weighted by Crippen LogP contribution is -2.31. The molecule has 0 saturated carbocycles. The molecule has 164 valence electrons. The standard InChI is InChI=1S/C25H24N2O5/c1-15-9-11-18(12-10-15)14-27-24(29)19(13-26)16(2)22(25(27)30)23(28)17(3)32-21-8-6-5-7-20(21)31-4/h5-12,17,30H,14H2,1-4H3. The van der Waals surface area contributed by atoms with E-state index in [4.69, 9.17) is 9.47 Å². The van der Waals surface area contributed by atoms with E-state index < -0.39 is 23.3 Å². The Morgan fingerprint density at radius 1 is 1.12 bits per heavy atom. The zero-order valence-electron chi connectivity index (χ0n) is 18.4. The van der Waals surface area contributed by atoms with E-state index in [1.807, 2.05) is 37.3 Å². The highest BCUT2D eigenvalue weighted by molar-refractivity contribution is 6.03. The number of carbonyl (C=O) groups excluding carboxylic acids is 1. The number of pyridine rings is 1. The number of methoxy groups -OCH3 is 1. The third-order valence-electron chi connectivity index (χ3n) is 5.25. The average molecular weight is 432 g/mol. The molecule has 1 atom stereocenters. The molecule has 1 N–H and O–H groups in total. The van der Waals surface area contributed by atoms with Gasteiger partial charge >= 0.3 is 0 Å². The number of aromatic hydroxyl groups is 1. The number of carbonyl (C=O) groups is 1. The van der Waals surface area contributed by atoms with Gasteiger partial charge in [0.2, 0.25) is 11.7 Å². The minimum atomic E-state index is -1.01. The Morgan fingerprint density at radius 2 is 1.75 bits per heavy atom. The second-order valence-corrected chi connectivity index (χ2v) is 7.46. The van der Waals surface area contributed by atoms with Crippen molar-refractivity contribution in [2.75, 3.05) is 7.11 Å². The number of para-hydroxylation sites is 2. The van der Waals surface area contributed by atoms with Gasteiger partial charge in [0.1, 0.15) is 11.6 Å². The topological polar surface area (TPSA) is 102 Å². The Kier molecular flexibility index (Phi) is 6.64. The summed E-state index contributed by atoms with van der Waals surface area (Å²) in [5, 5.41) is 20.5. The molecule has 3 rings (SSSR count). The van der Waals surface area contributed by atoms with Crippen molar-refractivity contribution in [1.29, 1.82) is 5.26 Å². The normalized spacial score (nSPS) is 11.5. The Bertz CT molecular complexity index is 1250. The maximum Gasteiger partial charge on any atom is 0.271 e. The molecule has 0 radical (unpaired) electrons. The van der Waals surface area contributed by atoms with Crippen LogP contribution in [-0.4, -0.2) is 28.7 Å². The van der Waals surface area contributed by atoms with Crippen LogP contribution in [0.4, 0.5) is 0 Å².